The minimum atomic E-state index is -3.74. The van der Waals surface area contributed by atoms with Crippen LogP contribution in [0.3, 0.4) is 0 Å². The van der Waals surface area contributed by atoms with Crippen LogP contribution in [0.5, 0.6) is 0 Å². The average Bonchev–Trinajstić information content (AvgIpc) is 3.28. The Balaban J connectivity index is 0.000000204. The molecule has 0 radical (unpaired) electrons. The van der Waals surface area contributed by atoms with Crippen molar-refractivity contribution < 1.29 is 18.1 Å². The molecule has 0 aliphatic carbocycles. The van der Waals surface area contributed by atoms with E-state index < -0.39 is 26.2 Å². The van der Waals surface area contributed by atoms with E-state index in [4.69, 9.17) is 0 Å². The Morgan fingerprint density at radius 3 is 2.30 bits per heavy atom. The second-order valence-electron chi connectivity index (χ2n) is 7.94. The quantitative estimate of drug-likeness (QED) is 0.146. The lowest BCUT2D eigenvalue weighted by Gasteiger charge is -2.05. The largest absolute Gasteiger partial charge is 0.619 e. The monoisotopic (exact) mass is 518 g/mol. The lowest BCUT2D eigenvalue weighted by Crippen LogP contribution is -2.26. The molecule has 5 rings (SSSR count). The van der Waals surface area contributed by atoms with Gasteiger partial charge in [0, 0.05) is 29.5 Å². The summed E-state index contributed by atoms with van der Waals surface area (Å²) in [5.74, 6) is -0.601. The third-order valence-corrected chi connectivity index (χ3v) is 7.12. The molecule has 0 spiro atoms. The van der Waals surface area contributed by atoms with E-state index in [9.17, 15) is 23.7 Å². The third kappa shape index (κ3) is 6.77. The van der Waals surface area contributed by atoms with Crippen molar-refractivity contribution in [3.63, 3.8) is 0 Å². The van der Waals surface area contributed by atoms with Gasteiger partial charge in [-0.15, -0.1) is 0 Å². The van der Waals surface area contributed by atoms with Crippen LogP contribution in [0.2, 0.25) is 0 Å². The predicted molar refractivity (Wildman–Crippen MR) is 141 cm³/mol. The van der Waals surface area contributed by atoms with Gasteiger partial charge in [0.05, 0.1) is 21.6 Å². The third-order valence-electron chi connectivity index (χ3n) is 5.44. The van der Waals surface area contributed by atoms with Crippen LogP contribution in [-0.2, 0) is 22.0 Å². The van der Waals surface area contributed by atoms with Crippen LogP contribution in [0, 0.1) is 15.3 Å². The molecule has 0 bridgehead atoms. The second-order valence-corrected chi connectivity index (χ2v) is 9.93. The van der Waals surface area contributed by atoms with Crippen LogP contribution in [-0.4, -0.2) is 23.3 Å². The van der Waals surface area contributed by atoms with Crippen molar-refractivity contribution >= 4 is 26.4 Å². The fourth-order valence-electron chi connectivity index (χ4n) is 3.70. The highest BCUT2D eigenvalue weighted by atomic mass is 32.2. The lowest BCUT2D eigenvalue weighted by molar-refractivity contribution is -0.606. The molecule has 0 amide bonds. The summed E-state index contributed by atoms with van der Waals surface area (Å²) >= 11 is 0. The Kier molecular flexibility index (Phi) is 8.70. The number of H-pyrrole nitrogens is 1. The number of hydrogen-bond acceptors (Lipinski definition) is 6. The van der Waals surface area contributed by atoms with E-state index in [0.717, 1.165) is 30.4 Å². The zero-order valence-electron chi connectivity index (χ0n) is 19.0. The van der Waals surface area contributed by atoms with Gasteiger partial charge in [-0.1, -0.05) is 56.0 Å². The lowest BCUT2D eigenvalue weighted by atomic mass is 10.1. The number of hydrogen-bond donors (Lipinski definition) is 1. The molecule has 0 aliphatic heterocycles. The van der Waals surface area contributed by atoms with E-state index in [-0.39, 0.29) is 17.9 Å². The average molecular weight is 519 g/mol. The zero-order valence-corrected chi connectivity index (χ0v) is 19.8. The standard InChI is InChI=1S/C14H12N2.C12H10N2O5S.CH4/c1-2-4-11(5-3-1)8-12-9-16-14-6-7-15-10-13(12)14;15-13-7-6-12(14(16)17)10(8-13)9-20(18,19)11-4-2-1-3-5-11;/h1-7,9-10,16H,8H2;1-8H,9H2;1H4. The van der Waals surface area contributed by atoms with Gasteiger partial charge in [0.1, 0.15) is 5.56 Å². The van der Waals surface area contributed by atoms with Gasteiger partial charge in [0.2, 0.25) is 0 Å². The molecule has 0 saturated heterocycles. The Morgan fingerprint density at radius 1 is 0.946 bits per heavy atom. The molecule has 0 unspecified atom stereocenters. The summed E-state index contributed by atoms with van der Waals surface area (Å²) in [6.07, 6.45) is 8.61. The summed E-state index contributed by atoms with van der Waals surface area (Å²) in [5, 5.41) is 23.3. The molecule has 3 heterocycles. The van der Waals surface area contributed by atoms with Crippen LogP contribution in [0.4, 0.5) is 5.69 Å². The minimum absolute atomic E-state index is 0. The van der Waals surface area contributed by atoms with Gasteiger partial charge >= 0.3 is 0 Å². The summed E-state index contributed by atoms with van der Waals surface area (Å²) in [5.41, 5.74) is 3.25. The van der Waals surface area contributed by atoms with Gasteiger partial charge in [-0.3, -0.25) is 15.1 Å². The van der Waals surface area contributed by atoms with Gasteiger partial charge in [-0.25, -0.2) is 8.42 Å². The number of aromatic nitrogens is 3. The first-order chi connectivity index (χ1) is 17.3. The molecule has 190 valence electrons. The number of rotatable bonds is 6. The van der Waals surface area contributed by atoms with E-state index in [1.807, 2.05) is 24.5 Å². The Bertz CT molecular complexity index is 1590. The van der Waals surface area contributed by atoms with Crippen molar-refractivity contribution in [2.75, 3.05) is 0 Å². The molecule has 9 nitrogen and oxygen atoms in total. The summed E-state index contributed by atoms with van der Waals surface area (Å²) in [7, 11) is -3.74. The second kappa shape index (κ2) is 11.9. The minimum Gasteiger partial charge on any atom is -0.619 e. The predicted octanol–water partition coefficient (Wildman–Crippen LogP) is 4.99. The van der Waals surface area contributed by atoms with Crippen LogP contribution in [0.25, 0.3) is 10.9 Å². The normalized spacial score (nSPS) is 10.7. The molecule has 0 fully saturated rings. The van der Waals surface area contributed by atoms with Crippen LogP contribution >= 0.6 is 0 Å². The van der Waals surface area contributed by atoms with Gasteiger partial charge in [0.25, 0.3) is 5.69 Å². The molecule has 37 heavy (non-hydrogen) atoms. The molecular weight excluding hydrogens is 492 g/mol. The molecule has 2 aromatic carbocycles. The first kappa shape index (κ1) is 27.0. The van der Waals surface area contributed by atoms with Gasteiger partial charge in [-0.2, -0.15) is 4.73 Å². The highest BCUT2D eigenvalue weighted by Crippen LogP contribution is 2.22. The molecule has 0 saturated carbocycles. The highest BCUT2D eigenvalue weighted by molar-refractivity contribution is 7.90. The maximum Gasteiger partial charge on any atom is 0.285 e. The fraction of sp³-hybridized carbons (Fsp3) is 0.111. The molecule has 0 aliphatic rings. The molecule has 5 aromatic rings. The Morgan fingerprint density at radius 2 is 1.62 bits per heavy atom. The SMILES string of the molecule is C.O=[N+]([O-])c1cc[n+]([O-])cc1CS(=O)(=O)c1ccccc1.c1ccc(Cc2c[nH]c3ccncc23)cc1. The van der Waals surface area contributed by atoms with E-state index >= 15 is 0 Å². The zero-order chi connectivity index (χ0) is 25.5. The van der Waals surface area contributed by atoms with Crippen molar-refractivity contribution in [2.24, 2.45) is 0 Å². The van der Waals surface area contributed by atoms with Crippen molar-refractivity contribution in [1.82, 2.24) is 9.97 Å². The summed E-state index contributed by atoms with van der Waals surface area (Å²) in [6.45, 7) is 0. The molecule has 1 N–H and O–H groups in total. The first-order valence-corrected chi connectivity index (χ1v) is 12.6. The number of sulfone groups is 1. The first-order valence-electron chi connectivity index (χ1n) is 10.9. The van der Waals surface area contributed by atoms with Gasteiger partial charge in [-0.05, 0) is 35.7 Å². The Hall–Kier alpha value is -4.57. The Labute approximate surface area is 214 Å². The molecule has 0 atom stereocenters. The molecular formula is C27H26N4O5S. The number of nitrogens with zero attached hydrogens (tertiary/aromatic N) is 3. The topological polar surface area (TPSA) is 133 Å². The number of pyridine rings is 2. The van der Waals surface area contributed by atoms with E-state index in [1.165, 1.54) is 28.6 Å². The van der Waals surface area contributed by atoms with Gasteiger partial charge in [0.15, 0.2) is 22.2 Å². The maximum absolute atomic E-state index is 12.2. The maximum atomic E-state index is 12.2. The van der Waals surface area contributed by atoms with Crippen molar-refractivity contribution in [1.29, 1.82) is 0 Å². The number of fused-ring (bicyclic) bond motifs is 1. The number of nitrogens with one attached hydrogen (secondary N) is 1. The van der Waals surface area contributed by atoms with Gasteiger partial charge < -0.3 is 10.2 Å². The van der Waals surface area contributed by atoms with Crippen LogP contribution in [0.1, 0.15) is 24.1 Å². The van der Waals surface area contributed by atoms with Crippen LogP contribution < -0.4 is 4.73 Å². The summed E-state index contributed by atoms with van der Waals surface area (Å²) in [4.78, 5) is 17.6. The summed E-state index contributed by atoms with van der Waals surface area (Å²) in [6, 6.07) is 21.0. The fourth-order valence-corrected chi connectivity index (χ4v) is 5.07. The van der Waals surface area contributed by atoms with Crippen molar-refractivity contribution in [3.8, 4) is 0 Å². The molecule has 10 heteroatoms. The number of aromatic amines is 1. The smallest absolute Gasteiger partial charge is 0.285 e. The van der Waals surface area contributed by atoms with E-state index in [0.29, 0.717) is 4.73 Å². The van der Waals surface area contributed by atoms with E-state index in [2.05, 4.69) is 40.4 Å². The molecule has 3 aromatic heterocycles. The van der Waals surface area contributed by atoms with Crippen molar-refractivity contribution in [2.45, 2.75) is 24.5 Å². The number of benzene rings is 2. The number of nitro groups is 1. The summed E-state index contributed by atoms with van der Waals surface area (Å²) < 4.78 is 24.6. The van der Waals surface area contributed by atoms with Crippen LogP contribution in [0.15, 0.2) is 109 Å². The van der Waals surface area contributed by atoms with Crippen molar-refractivity contribution in [3.05, 3.63) is 136 Å². The van der Waals surface area contributed by atoms with E-state index in [1.54, 1.807) is 18.2 Å². The highest BCUT2D eigenvalue weighted by Gasteiger charge is 2.24.